The summed E-state index contributed by atoms with van der Waals surface area (Å²) in [5.74, 6) is 1.15. The Bertz CT molecular complexity index is 734. The maximum atomic E-state index is 12.7. The van der Waals surface area contributed by atoms with Crippen LogP contribution in [0.2, 0.25) is 0 Å². The predicted octanol–water partition coefficient (Wildman–Crippen LogP) is 2.49. The molecule has 126 valence electrons. The van der Waals surface area contributed by atoms with Gasteiger partial charge in [-0.2, -0.15) is 0 Å². The number of carbonyl (C=O) groups excluding carboxylic acids is 1. The van der Waals surface area contributed by atoms with Gasteiger partial charge in [-0.3, -0.25) is 4.79 Å². The molecule has 1 aromatic heterocycles. The lowest BCUT2D eigenvalue weighted by Gasteiger charge is -2.28. The second-order valence-corrected chi connectivity index (χ2v) is 5.98. The minimum absolute atomic E-state index is 0.215. The van der Waals surface area contributed by atoms with Gasteiger partial charge in [-0.15, -0.1) is 0 Å². The number of hydrogen-bond acceptors (Lipinski definition) is 5. The van der Waals surface area contributed by atoms with E-state index in [9.17, 15) is 4.79 Å². The molecule has 1 aromatic carbocycles. The molecule has 1 amide bonds. The molecule has 2 heterocycles. The first-order chi connectivity index (χ1) is 11.5. The summed E-state index contributed by atoms with van der Waals surface area (Å²) in [5.41, 5.74) is 3.28. The molecular weight excluding hydrogens is 304 g/mol. The second-order valence-electron chi connectivity index (χ2n) is 5.98. The van der Waals surface area contributed by atoms with Crippen molar-refractivity contribution in [1.29, 1.82) is 0 Å². The van der Waals surface area contributed by atoms with Crippen LogP contribution in [0.15, 0.2) is 24.3 Å². The minimum atomic E-state index is -0.215. The number of aromatic nitrogens is 2. The van der Waals surface area contributed by atoms with Gasteiger partial charge >= 0.3 is 0 Å². The molecule has 0 bridgehead atoms. The molecule has 1 fully saturated rings. The first-order valence-electron chi connectivity index (χ1n) is 8.10. The fourth-order valence-electron chi connectivity index (χ4n) is 2.81. The maximum Gasteiger partial charge on any atom is 0.274 e. The highest BCUT2D eigenvalue weighted by molar-refractivity contribution is 6.04. The average Bonchev–Trinajstić information content (AvgIpc) is 2.58. The summed E-state index contributed by atoms with van der Waals surface area (Å²) >= 11 is 0. The Kier molecular flexibility index (Phi) is 4.76. The number of morpholine rings is 1. The fraction of sp³-hybridized carbons (Fsp3) is 0.389. The molecule has 1 saturated heterocycles. The van der Waals surface area contributed by atoms with Crippen molar-refractivity contribution in [3.05, 3.63) is 46.9 Å². The molecule has 2 aromatic rings. The number of benzene rings is 1. The van der Waals surface area contributed by atoms with Crippen molar-refractivity contribution in [1.82, 2.24) is 9.97 Å². The summed E-state index contributed by atoms with van der Waals surface area (Å²) in [7, 11) is 0. The van der Waals surface area contributed by atoms with Gasteiger partial charge in [-0.05, 0) is 31.9 Å². The number of anilines is 2. The molecule has 0 saturated carbocycles. The molecule has 0 unspecified atom stereocenters. The van der Waals surface area contributed by atoms with Crippen LogP contribution in [0.1, 0.15) is 27.4 Å². The largest absolute Gasteiger partial charge is 0.378 e. The number of hydrogen-bond donors (Lipinski definition) is 1. The smallest absolute Gasteiger partial charge is 0.274 e. The van der Waals surface area contributed by atoms with E-state index in [-0.39, 0.29) is 5.91 Å². The van der Waals surface area contributed by atoms with Crippen molar-refractivity contribution >= 4 is 17.4 Å². The van der Waals surface area contributed by atoms with Gasteiger partial charge in [0.05, 0.1) is 13.2 Å². The zero-order chi connectivity index (χ0) is 17.1. The molecule has 1 N–H and O–H groups in total. The Balaban J connectivity index is 1.85. The molecule has 1 aliphatic rings. The van der Waals surface area contributed by atoms with Gasteiger partial charge < -0.3 is 15.0 Å². The van der Waals surface area contributed by atoms with Crippen LogP contribution in [-0.4, -0.2) is 42.2 Å². The lowest BCUT2D eigenvalue weighted by atomic mass is 10.1. The van der Waals surface area contributed by atoms with Gasteiger partial charge in [0, 0.05) is 24.8 Å². The first kappa shape index (κ1) is 16.4. The second kappa shape index (κ2) is 6.97. The average molecular weight is 326 g/mol. The van der Waals surface area contributed by atoms with Gasteiger partial charge in [-0.25, -0.2) is 9.97 Å². The summed E-state index contributed by atoms with van der Waals surface area (Å²) in [4.78, 5) is 23.5. The number of amides is 1. The van der Waals surface area contributed by atoms with Crippen LogP contribution in [0.25, 0.3) is 0 Å². The summed E-state index contributed by atoms with van der Waals surface area (Å²) in [6.07, 6.45) is 0. The Morgan fingerprint density at radius 2 is 1.79 bits per heavy atom. The Morgan fingerprint density at radius 3 is 2.46 bits per heavy atom. The van der Waals surface area contributed by atoms with Gasteiger partial charge in [0.1, 0.15) is 17.3 Å². The zero-order valence-corrected chi connectivity index (χ0v) is 14.3. The van der Waals surface area contributed by atoms with Crippen LogP contribution in [0.4, 0.5) is 11.5 Å². The van der Waals surface area contributed by atoms with Crippen molar-refractivity contribution in [2.75, 3.05) is 36.5 Å². The first-order valence-corrected chi connectivity index (χ1v) is 8.10. The van der Waals surface area contributed by atoms with E-state index in [0.29, 0.717) is 24.7 Å². The van der Waals surface area contributed by atoms with Gasteiger partial charge in [0.25, 0.3) is 5.91 Å². The number of ether oxygens (including phenoxy) is 1. The van der Waals surface area contributed by atoms with Crippen LogP contribution < -0.4 is 10.2 Å². The predicted molar refractivity (Wildman–Crippen MR) is 93.7 cm³/mol. The summed E-state index contributed by atoms with van der Waals surface area (Å²) in [6.45, 7) is 8.66. The van der Waals surface area contributed by atoms with E-state index >= 15 is 0 Å². The summed E-state index contributed by atoms with van der Waals surface area (Å²) in [6, 6.07) is 7.69. The SMILES string of the molecule is Cc1nc(C(=O)Nc2c(C)cccc2C)cc(N2CCOCC2)n1. The summed E-state index contributed by atoms with van der Waals surface area (Å²) < 4.78 is 5.37. The van der Waals surface area contributed by atoms with Crippen LogP contribution in [-0.2, 0) is 4.74 Å². The van der Waals surface area contributed by atoms with Crippen molar-refractivity contribution in [3.63, 3.8) is 0 Å². The van der Waals surface area contributed by atoms with Crippen molar-refractivity contribution in [2.45, 2.75) is 20.8 Å². The van der Waals surface area contributed by atoms with Crippen LogP contribution in [0.3, 0.4) is 0 Å². The Hall–Kier alpha value is -2.47. The van der Waals surface area contributed by atoms with Crippen LogP contribution in [0.5, 0.6) is 0 Å². The van der Waals surface area contributed by atoms with Crippen LogP contribution in [0, 0.1) is 20.8 Å². The third-order valence-corrected chi connectivity index (χ3v) is 4.11. The number of rotatable bonds is 3. The highest BCUT2D eigenvalue weighted by atomic mass is 16.5. The number of nitrogens with zero attached hydrogens (tertiary/aromatic N) is 3. The van der Waals surface area contributed by atoms with Gasteiger partial charge in [0.15, 0.2) is 0 Å². The van der Waals surface area contributed by atoms with Gasteiger partial charge in [-0.1, -0.05) is 18.2 Å². The monoisotopic (exact) mass is 326 g/mol. The molecule has 0 atom stereocenters. The Morgan fingerprint density at radius 1 is 1.12 bits per heavy atom. The molecular formula is C18H22N4O2. The van der Waals surface area contributed by atoms with E-state index in [2.05, 4.69) is 20.2 Å². The highest BCUT2D eigenvalue weighted by Gasteiger charge is 2.17. The zero-order valence-electron chi connectivity index (χ0n) is 14.3. The number of aryl methyl sites for hydroxylation is 3. The van der Waals surface area contributed by atoms with Crippen molar-refractivity contribution in [2.24, 2.45) is 0 Å². The van der Waals surface area contributed by atoms with E-state index in [4.69, 9.17) is 4.74 Å². The van der Waals surface area contributed by atoms with Crippen molar-refractivity contribution < 1.29 is 9.53 Å². The third-order valence-electron chi connectivity index (χ3n) is 4.11. The minimum Gasteiger partial charge on any atom is -0.378 e. The fourth-order valence-corrected chi connectivity index (χ4v) is 2.81. The molecule has 0 spiro atoms. The lowest BCUT2D eigenvalue weighted by molar-refractivity contribution is 0.102. The highest BCUT2D eigenvalue weighted by Crippen LogP contribution is 2.21. The van der Waals surface area contributed by atoms with E-state index in [1.807, 2.05) is 32.0 Å². The van der Waals surface area contributed by atoms with E-state index in [0.717, 1.165) is 35.7 Å². The van der Waals surface area contributed by atoms with Gasteiger partial charge in [0.2, 0.25) is 0 Å². The molecule has 0 aliphatic carbocycles. The summed E-state index contributed by atoms with van der Waals surface area (Å²) in [5, 5.41) is 2.98. The third kappa shape index (κ3) is 3.54. The quantitative estimate of drug-likeness (QED) is 0.938. The number of nitrogens with one attached hydrogen (secondary N) is 1. The van der Waals surface area contributed by atoms with E-state index in [1.54, 1.807) is 13.0 Å². The molecule has 0 radical (unpaired) electrons. The van der Waals surface area contributed by atoms with Crippen molar-refractivity contribution in [3.8, 4) is 0 Å². The maximum absolute atomic E-state index is 12.7. The molecule has 3 rings (SSSR count). The number of carbonyl (C=O) groups is 1. The molecule has 24 heavy (non-hydrogen) atoms. The van der Waals surface area contributed by atoms with E-state index < -0.39 is 0 Å². The normalized spacial score (nSPS) is 14.5. The van der Waals surface area contributed by atoms with Crippen LogP contribution >= 0.6 is 0 Å². The standard InChI is InChI=1S/C18H22N4O2/c1-12-5-4-6-13(2)17(12)21-18(23)15-11-16(20-14(3)19-15)22-7-9-24-10-8-22/h4-6,11H,7-10H2,1-3H3,(H,21,23). The molecule has 6 nitrogen and oxygen atoms in total. The Labute approximate surface area is 141 Å². The number of para-hydroxylation sites is 1. The topological polar surface area (TPSA) is 67.4 Å². The molecule has 1 aliphatic heterocycles. The lowest BCUT2D eigenvalue weighted by Crippen LogP contribution is -2.37. The van der Waals surface area contributed by atoms with E-state index in [1.165, 1.54) is 0 Å². The molecule has 6 heteroatoms.